The largest absolute Gasteiger partial charge is 0.868 e. The second-order valence-corrected chi connectivity index (χ2v) is 3.93. The molecule has 0 spiro atoms. The van der Waals surface area contributed by atoms with Crippen molar-refractivity contribution in [2.75, 3.05) is 5.43 Å². The van der Waals surface area contributed by atoms with Crippen molar-refractivity contribution in [1.29, 1.82) is 0 Å². The molecule has 108 valence electrons. The molecule has 2 N–H and O–H groups in total. The molecule has 0 atom stereocenters. The lowest BCUT2D eigenvalue weighted by molar-refractivity contribution is -0.398. The Morgan fingerprint density at radius 2 is 2.24 bits per heavy atom. The maximum atomic E-state index is 11.2. The second kappa shape index (κ2) is 5.77. The first-order chi connectivity index (χ1) is 9.97. The Morgan fingerprint density at radius 3 is 2.95 bits per heavy atom. The summed E-state index contributed by atoms with van der Waals surface area (Å²) in [5.41, 5.74) is 2.10. The molecule has 0 fully saturated rings. The highest BCUT2D eigenvalue weighted by Gasteiger charge is 2.07. The second-order valence-electron chi connectivity index (χ2n) is 3.93. The molecule has 1 heterocycles. The van der Waals surface area contributed by atoms with Crippen LogP contribution in [0.4, 0.5) is 11.5 Å². The van der Waals surface area contributed by atoms with Gasteiger partial charge in [-0.3, -0.25) is 15.5 Å². The minimum absolute atomic E-state index is 0.157. The summed E-state index contributed by atoms with van der Waals surface area (Å²) in [7, 11) is 0. The molecular weight excluding hydrogens is 280 g/mol. The van der Waals surface area contributed by atoms with E-state index in [-0.39, 0.29) is 5.82 Å². The SMILES string of the molecule is Cc1n[nH]c(=O)nc1N/N=C/c1ccc([O-])c([N+](=O)[O-])c1. The van der Waals surface area contributed by atoms with E-state index in [0.29, 0.717) is 11.3 Å². The lowest BCUT2D eigenvalue weighted by Crippen LogP contribution is -2.15. The van der Waals surface area contributed by atoms with Crippen LogP contribution in [0.1, 0.15) is 11.3 Å². The number of hydrogen-bond acceptors (Lipinski definition) is 8. The number of rotatable bonds is 4. The summed E-state index contributed by atoms with van der Waals surface area (Å²) in [6.45, 7) is 1.61. The Labute approximate surface area is 117 Å². The summed E-state index contributed by atoms with van der Waals surface area (Å²) >= 11 is 0. The number of aryl methyl sites for hydroxylation is 1. The van der Waals surface area contributed by atoms with Gasteiger partial charge in [0.15, 0.2) is 5.82 Å². The maximum Gasteiger partial charge on any atom is 0.363 e. The highest BCUT2D eigenvalue weighted by atomic mass is 16.6. The number of nitro groups is 1. The quantitative estimate of drug-likeness (QED) is 0.453. The van der Waals surface area contributed by atoms with Crippen molar-refractivity contribution in [2.45, 2.75) is 6.92 Å². The zero-order valence-corrected chi connectivity index (χ0v) is 10.7. The third kappa shape index (κ3) is 3.37. The Morgan fingerprint density at radius 1 is 1.48 bits per heavy atom. The molecule has 0 aliphatic rings. The topological polar surface area (TPSA) is 149 Å². The summed E-state index contributed by atoms with van der Waals surface area (Å²) < 4.78 is 0. The average molecular weight is 289 g/mol. The Balaban J connectivity index is 2.18. The average Bonchev–Trinajstić information content (AvgIpc) is 2.44. The lowest BCUT2D eigenvalue weighted by Gasteiger charge is -2.06. The molecule has 2 rings (SSSR count). The standard InChI is InChI=1S/C11H10N6O4/c1-6-10(13-11(19)16-14-6)15-12-5-7-2-3-9(18)8(4-7)17(20)21/h2-5,18H,1H3,(H2,13,15,16,19)/p-1/b12-5+. The molecule has 0 saturated heterocycles. The fraction of sp³-hybridized carbons (Fsp3) is 0.0909. The summed E-state index contributed by atoms with van der Waals surface area (Å²) in [5.74, 6) is -0.522. The number of benzene rings is 1. The van der Waals surface area contributed by atoms with Gasteiger partial charge >= 0.3 is 5.69 Å². The number of nitrogens with zero attached hydrogens (tertiary/aromatic N) is 4. The van der Waals surface area contributed by atoms with E-state index in [1.165, 1.54) is 12.3 Å². The highest BCUT2D eigenvalue weighted by molar-refractivity contribution is 5.81. The van der Waals surface area contributed by atoms with Gasteiger partial charge in [0.1, 0.15) is 5.69 Å². The van der Waals surface area contributed by atoms with Crippen LogP contribution >= 0.6 is 0 Å². The number of aromatic nitrogens is 3. The number of aromatic amines is 1. The number of hydrogen-bond donors (Lipinski definition) is 2. The van der Waals surface area contributed by atoms with E-state index in [1.54, 1.807) is 6.92 Å². The predicted molar refractivity (Wildman–Crippen MR) is 71.1 cm³/mol. The van der Waals surface area contributed by atoms with Gasteiger partial charge in [-0.15, -0.1) is 0 Å². The van der Waals surface area contributed by atoms with Gasteiger partial charge in [0.2, 0.25) is 0 Å². The van der Waals surface area contributed by atoms with Crippen molar-refractivity contribution < 1.29 is 10.0 Å². The number of hydrazone groups is 1. The van der Waals surface area contributed by atoms with E-state index in [4.69, 9.17) is 0 Å². The zero-order valence-electron chi connectivity index (χ0n) is 10.7. The van der Waals surface area contributed by atoms with Crippen molar-refractivity contribution >= 4 is 17.7 Å². The van der Waals surface area contributed by atoms with Crippen LogP contribution in [0.15, 0.2) is 28.1 Å². The maximum absolute atomic E-state index is 11.2. The van der Waals surface area contributed by atoms with Gasteiger partial charge in [0.25, 0.3) is 5.69 Å². The number of nitro benzene ring substituents is 1. The molecule has 1 aromatic heterocycles. The van der Waals surface area contributed by atoms with E-state index >= 15 is 0 Å². The Bertz CT molecular complexity index is 770. The molecule has 0 amide bonds. The third-order valence-electron chi connectivity index (χ3n) is 2.44. The van der Waals surface area contributed by atoms with Crippen LogP contribution in [0, 0.1) is 17.0 Å². The number of nitrogens with one attached hydrogen (secondary N) is 2. The van der Waals surface area contributed by atoms with Crippen molar-refractivity contribution in [2.24, 2.45) is 5.10 Å². The molecule has 0 saturated carbocycles. The fourth-order valence-electron chi connectivity index (χ4n) is 1.42. The van der Waals surface area contributed by atoms with E-state index in [0.717, 1.165) is 12.1 Å². The first-order valence-electron chi connectivity index (χ1n) is 5.65. The van der Waals surface area contributed by atoms with Gasteiger partial charge in [-0.1, -0.05) is 12.1 Å². The number of H-pyrrole nitrogens is 1. The monoisotopic (exact) mass is 289 g/mol. The molecule has 2 aromatic rings. The molecule has 21 heavy (non-hydrogen) atoms. The molecule has 1 aromatic carbocycles. The minimum Gasteiger partial charge on any atom is -0.868 e. The summed E-state index contributed by atoms with van der Waals surface area (Å²) in [4.78, 5) is 24.5. The van der Waals surface area contributed by atoms with Gasteiger partial charge < -0.3 is 5.11 Å². The van der Waals surface area contributed by atoms with Gasteiger partial charge in [-0.05, 0) is 12.7 Å². The Hall–Kier alpha value is -3.30. The summed E-state index contributed by atoms with van der Waals surface area (Å²) in [6, 6.07) is 3.57. The van der Waals surface area contributed by atoms with Crippen molar-refractivity contribution in [3.05, 3.63) is 50.1 Å². The van der Waals surface area contributed by atoms with Crippen molar-refractivity contribution in [3.63, 3.8) is 0 Å². The smallest absolute Gasteiger partial charge is 0.363 e. The fourth-order valence-corrected chi connectivity index (χ4v) is 1.42. The first-order valence-corrected chi connectivity index (χ1v) is 5.65. The molecule has 0 aliphatic heterocycles. The highest BCUT2D eigenvalue weighted by Crippen LogP contribution is 2.22. The predicted octanol–water partition coefficient (Wildman–Crippen LogP) is -0.0989. The molecule has 10 heteroatoms. The normalized spacial score (nSPS) is 10.7. The molecule has 0 radical (unpaired) electrons. The van der Waals surface area contributed by atoms with Gasteiger partial charge in [0.05, 0.1) is 11.1 Å². The third-order valence-corrected chi connectivity index (χ3v) is 2.44. The van der Waals surface area contributed by atoms with Crippen LogP contribution in [-0.4, -0.2) is 26.3 Å². The van der Waals surface area contributed by atoms with Crippen molar-refractivity contribution in [3.8, 4) is 5.75 Å². The Kier molecular flexibility index (Phi) is 3.88. The van der Waals surface area contributed by atoms with E-state index < -0.39 is 22.0 Å². The summed E-state index contributed by atoms with van der Waals surface area (Å²) in [5, 5.41) is 31.5. The first kappa shape index (κ1) is 14.1. The van der Waals surface area contributed by atoms with E-state index in [2.05, 4.69) is 25.7 Å². The van der Waals surface area contributed by atoms with Crippen LogP contribution < -0.4 is 16.2 Å². The zero-order chi connectivity index (χ0) is 15.4. The van der Waals surface area contributed by atoms with Crippen LogP contribution in [-0.2, 0) is 0 Å². The molecule has 0 unspecified atom stereocenters. The minimum atomic E-state index is -0.764. The molecule has 10 nitrogen and oxygen atoms in total. The number of anilines is 1. The van der Waals surface area contributed by atoms with Crippen LogP contribution in [0.5, 0.6) is 5.75 Å². The van der Waals surface area contributed by atoms with E-state index in [1.807, 2.05) is 0 Å². The molecule has 0 aliphatic carbocycles. The van der Waals surface area contributed by atoms with Gasteiger partial charge in [-0.2, -0.15) is 15.2 Å². The van der Waals surface area contributed by atoms with E-state index in [9.17, 15) is 20.0 Å². The molecular formula is C11H9N6O4-. The van der Waals surface area contributed by atoms with Crippen LogP contribution in [0.2, 0.25) is 0 Å². The lowest BCUT2D eigenvalue weighted by atomic mass is 10.2. The van der Waals surface area contributed by atoms with Gasteiger partial charge in [0, 0.05) is 11.6 Å². The van der Waals surface area contributed by atoms with Crippen molar-refractivity contribution in [1.82, 2.24) is 15.2 Å². The van der Waals surface area contributed by atoms with Crippen LogP contribution in [0.3, 0.4) is 0 Å². The molecule has 0 bridgehead atoms. The van der Waals surface area contributed by atoms with Gasteiger partial charge in [-0.25, -0.2) is 9.89 Å². The van der Waals surface area contributed by atoms with Crippen LogP contribution in [0.25, 0.3) is 0 Å². The summed E-state index contributed by atoms with van der Waals surface area (Å²) in [6.07, 6.45) is 1.26.